The van der Waals surface area contributed by atoms with Crippen molar-refractivity contribution in [3.05, 3.63) is 48.4 Å². The lowest BCUT2D eigenvalue weighted by atomic mass is 10.1. The van der Waals surface area contributed by atoms with Crippen LogP contribution in [0.15, 0.2) is 42.9 Å². The third-order valence-electron chi connectivity index (χ3n) is 2.79. The number of imidazole rings is 1. The van der Waals surface area contributed by atoms with E-state index in [1.807, 2.05) is 6.20 Å². The molecule has 0 bridgehead atoms. The van der Waals surface area contributed by atoms with Crippen molar-refractivity contribution in [1.82, 2.24) is 14.4 Å². The number of nitrogens with zero attached hydrogens (tertiary/aromatic N) is 3. The second-order valence-electron chi connectivity index (χ2n) is 4.05. The van der Waals surface area contributed by atoms with Gasteiger partial charge in [0.05, 0.1) is 11.3 Å². The molecular weight excluding hydrogens is 244 g/mol. The van der Waals surface area contributed by atoms with E-state index in [0.717, 1.165) is 0 Å². The number of hydrogen-bond donors (Lipinski definition) is 2. The number of amides is 1. The Kier molecular flexibility index (Phi) is 2.42. The fourth-order valence-corrected chi connectivity index (χ4v) is 1.86. The van der Waals surface area contributed by atoms with Crippen LogP contribution in [0.3, 0.4) is 0 Å². The maximum atomic E-state index is 11.2. The van der Waals surface area contributed by atoms with Gasteiger partial charge in [-0.15, -0.1) is 0 Å². The molecule has 0 aliphatic heterocycles. The molecule has 0 aliphatic rings. The third-order valence-corrected chi connectivity index (χ3v) is 2.79. The first-order valence-corrected chi connectivity index (χ1v) is 5.58. The number of carbonyl (C=O) groups excluding carboxylic acids is 1. The molecule has 2 heterocycles. The first-order valence-electron chi connectivity index (χ1n) is 5.58. The maximum Gasteiger partial charge on any atom is 0.252 e. The number of hydrogen-bond acceptors (Lipinski definition) is 4. The standard InChI is InChI=1S/C13H10N4O2/c14-12(19)9-6-8(2-3-11(9)18)10-7-17-5-1-4-15-13(17)16-10/h1-7,18H,(H2,14,19). The minimum absolute atomic E-state index is 0.0718. The SMILES string of the molecule is NC(=O)c1cc(-c2cn3cccnc3n2)ccc1O. The van der Waals surface area contributed by atoms with Gasteiger partial charge in [0.2, 0.25) is 5.78 Å². The Labute approximate surface area is 108 Å². The zero-order valence-corrected chi connectivity index (χ0v) is 9.82. The number of aromatic nitrogens is 3. The van der Waals surface area contributed by atoms with Gasteiger partial charge in [-0.1, -0.05) is 0 Å². The van der Waals surface area contributed by atoms with Crippen molar-refractivity contribution >= 4 is 11.7 Å². The molecule has 1 aromatic carbocycles. The highest BCUT2D eigenvalue weighted by atomic mass is 16.3. The molecule has 0 spiro atoms. The van der Waals surface area contributed by atoms with Crippen LogP contribution in [0.25, 0.3) is 17.0 Å². The van der Waals surface area contributed by atoms with Gasteiger partial charge in [-0.3, -0.25) is 9.20 Å². The first-order chi connectivity index (χ1) is 9.15. The van der Waals surface area contributed by atoms with Gasteiger partial charge in [-0.2, -0.15) is 0 Å². The van der Waals surface area contributed by atoms with Gasteiger partial charge in [0.15, 0.2) is 0 Å². The first kappa shape index (κ1) is 11.2. The molecule has 3 rings (SSSR count). The smallest absolute Gasteiger partial charge is 0.252 e. The second kappa shape index (κ2) is 4.09. The molecule has 6 heteroatoms. The molecule has 94 valence electrons. The van der Waals surface area contributed by atoms with Crippen LogP contribution in [-0.2, 0) is 0 Å². The molecule has 0 saturated heterocycles. The van der Waals surface area contributed by atoms with E-state index in [4.69, 9.17) is 5.73 Å². The van der Waals surface area contributed by atoms with E-state index in [9.17, 15) is 9.90 Å². The van der Waals surface area contributed by atoms with Crippen LogP contribution in [0.1, 0.15) is 10.4 Å². The van der Waals surface area contributed by atoms with Gasteiger partial charge >= 0.3 is 0 Å². The molecule has 1 amide bonds. The average Bonchev–Trinajstić information content (AvgIpc) is 2.82. The lowest BCUT2D eigenvalue weighted by Gasteiger charge is -2.02. The average molecular weight is 254 g/mol. The summed E-state index contributed by atoms with van der Waals surface area (Å²) in [4.78, 5) is 19.6. The molecule has 3 aromatic rings. The zero-order valence-electron chi connectivity index (χ0n) is 9.82. The monoisotopic (exact) mass is 254 g/mol. The van der Waals surface area contributed by atoms with Gasteiger partial charge in [0.1, 0.15) is 5.75 Å². The number of phenols is 1. The third kappa shape index (κ3) is 1.89. The van der Waals surface area contributed by atoms with Crippen LogP contribution >= 0.6 is 0 Å². The second-order valence-corrected chi connectivity index (χ2v) is 4.05. The van der Waals surface area contributed by atoms with Crippen molar-refractivity contribution in [1.29, 1.82) is 0 Å². The number of carbonyl (C=O) groups is 1. The highest BCUT2D eigenvalue weighted by Crippen LogP contribution is 2.25. The molecule has 3 N–H and O–H groups in total. The molecule has 0 unspecified atom stereocenters. The van der Waals surface area contributed by atoms with Crippen molar-refractivity contribution in [3.8, 4) is 17.0 Å². The number of aromatic hydroxyl groups is 1. The van der Waals surface area contributed by atoms with Gasteiger partial charge in [0.25, 0.3) is 5.91 Å². The lowest BCUT2D eigenvalue weighted by molar-refractivity contribution is 0.0998. The van der Waals surface area contributed by atoms with Crippen LogP contribution in [0, 0.1) is 0 Å². The predicted octanol–water partition coefficient (Wildman–Crippen LogP) is 1.20. The number of primary amides is 1. The predicted molar refractivity (Wildman–Crippen MR) is 68.6 cm³/mol. The lowest BCUT2D eigenvalue weighted by Crippen LogP contribution is -2.11. The number of benzene rings is 1. The van der Waals surface area contributed by atoms with Gasteiger partial charge in [0, 0.05) is 24.2 Å². The van der Waals surface area contributed by atoms with E-state index < -0.39 is 5.91 Å². The molecule has 6 nitrogen and oxygen atoms in total. The van der Waals surface area contributed by atoms with Crippen LogP contribution in [-0.4, -0.2) is 25.4 Å². The number of nitrogens with two attached hydrogens (primary N) is 1. The molecule has 0 atom stereocenters. The summed E-state index contributed by atoms with van der Waals surface area (Å²) in [6, 6.07) is 6.40. The minimum Gasteiger partial charge on any atom is -0.507 e. The molecule has 0 fully saturated rings. The number of fused-ring (bicyclic) bond motifs is 1. The normalized spacial score (nSPS) is 10.7. The van der Waals surface area contributed by atoms with E-state index in [1.54, 1.807) is 28.9 Å². The Bertz CT molecular complexity index is 746. The quantitative estimate of drug-likeness (QED) is 0.718. The summed E-state index contributed by atoms with van der Waals surface area (Å²) in [5.74, 6) is -0.259. The van der Waals surface area contributed by atoms with Crippen molar-refractivity contribution in [2.75, 3.05) is 0 Å². The Balaban J connectivity index is 2.16. The van der Waals surface area contributed by atoms with Gasteiger partial charge in [-0.25, -0.2) is 9.97 Å². The molecule has 0 radical (unpaired) electrons. The highest BCUT2D eigenvalue weighted by molar-refractivity contribution is 5.96. The van der Waals surface area contributed by atoms with E-state index >= 15 is 0 Å². The van der Waals surface area contributed by atoms with Crippen LogP contribution < -0.4 is 5.73 Å². The summed E-state index contributed by atoms with van der Waals surface area (Å²) >= 11 is 0. The Morgan fingerprint density at radius 1 is 1.37 bits per heavy atom. The van der Waals surface area contributed by atoms with E-state index in [2.05, 4.69) is 9.97 Å². The van der Waals surface area contributed by atoms with Gasteiger partial charge in [-0.05, 0) is 24.3 Å². The summed E-state index contributed by atoms with van der Waals surface area (Å²) in [6.07, 6.45) is 5.27. The largest absolute Gasteiger partial charge is 0.507 e. The van der Waals surface area contributed by atoms with E-state index in [0.29, 0.717) is 17.0 Å². The molecule has 2 aromatic heterocycles. The fourth-order valence-electron chi connectivity index (χ4n) is 1.86. The molecular formula is C13H10N4O2. The number of rotatable bonds is 2. The van der Waals surface area contributed by atoms with Crippen LogP contribution in [0.2, 0.25) is 0 Å². The summed E-state index contributed by atoms with van der Waals surface area (Å²) in [5, 5.41) is 9.55. The van der Waals surface area contributed by atoms with Crippen molar-refractivity contribution in [3.63, 3.8) is 0 Å². The van der Waals surface area contributed by atoms with E-state index in [1.165, 1.54) is 12.1 Å². The van der Waals surface area contributed by atoms with Crippen molar-refractivity contribution in [2.45, 2.75) is 0 Å². The van der Waals surface area contributed by atoms with Gasteiger partial charge < -0.3 is 10.8 Å². The Morgan fingerprint density at radius 3 is 2.95 bits per heavy atom. The summed E-state index contributed by atoms with van der Waals surface area (Å²) < 4.78 is 1.77. The van der Waals surface area contributed by atoms with Crippen LogP contribution in [0.5, 0.6) is 5.75 Å². The molecule has 0 aliphatic carbocycles. The molecule has 19 heavy (non-hydrogen) atoms. The summed E-state index contributed by atoms with van der Waals surface area (Å²) in [5.41, 5.74) is 6.62. The topological polar surface area (TPSA) is 93.5 Å². The zero-order chi connectivity index (χ0) is 13.4. The highest BCUT2D eigenvalue weighted by Gasteiger charge is 2.11. The van der Waals surface area contributed by atoms with Crippen molar-refractivity contribution in [2.24, 2.45) is 5.73 Å². The fraction of sp³-hybridized carbons (Fsp3) is 0. The van der Waals surface area contributed by atoms with Crippen LogP contribution in [0.4, 0.5) is 0 Å². The van der Waals surface area contributed by atoms with Crippen molar-refractivity contribution < 1.29 is 9.90 Å². The maximum absolute atomic E-state index is 11.2. The Morgan fingerprint density at radius 2 is 2.21 bits per heavy atom. The molecule has 0 saturated carbocycles. The minimum atomic E-state index is -0.679. The Hall–Kier alpha value is -2.89. The summed E-state index contributed by atoms with van der Waals surface area (Å²) in [6.45, 7) is 0. The van der Waals surface area contributed by atoms with E-state index in [-0.39, 0.29) is 11.3 Å². The summed E-state index contributed by atoms with van der Waals surface area (Å²) in [7, 11) is 0.